The Labute approximate surface area is 153 Å². The number of benzene rings is 2. The molecule has 0 spiro atoms. The van der Waals surface area contributed by atoms with Crippen molar-refractivity contribution >= 4 is 11.5 Å². The van der Waals surface area contributed by atoms with E-state index in [2.05, 4.69) is 37.3 Å². The van der Waals surface area contributed by atoms with Crippen LogP contribution < -0.4 is 9.47 Å². The number of carboxylic acids is 1. The van der Waals surface area contributed by atoms with Crippen LogP contribution in [0.25, 0.3) is 5.57 Å². The Morgan fingerprint density at radius 2 is 1.85 bits per heavy atom. The van der Waals surface area contributed by atoms with E-state index in [-0.39, 0.29) is 6.42 Å². The van der Waals surface area contributed by atoms with E-state index >= 15 is 0 Å². The molecule has 134 valence electrons. The minimum Gasteiger partial charge on any atom is -0.497 e. The van der Waals surface area contributed by atoms with Gasteiger partial charge in [-0.05, 0) is 48.3 Å². The van der Waals surface area contributed by atoms with Crippen molar-refractivity contribution in [2.24, 2.45) is 0 Å². The number of carbonyl (C=O) groups is 1. The van der Waals surface area contributed by atoms with Gasteiger partial charge in [0.1, 0.15) is 17.3 Å². The summed E-state index contributed by atoms with van der Waals surface area (Å²) in [6.45, 7) is 2.07. The van der Waals surface area contributed by atoms with Crippen LogP contribution in [-0.2, 0) is 11.2 Å². The van der Waals surface area contributed by atoms with Gasteiger partial charge in [-0.15, -0.1) is 0 Å². The topological polar surface area (TPSA) is 55.8 Å². The lowest BCUT2D eigenvalue weighted by Gasteiger charge is -2.16. The summed E-state index contributed by atoms with van der Waals surface area (Å²) >= 11 is 0. The van der Waals surface area contributed by atoms with E-state index < -0.39 is 5.97 Å². The van der Waals surface area contributed by atoms with E-state index in [9.17, 15) is 4.79 Å². The zero-order valence-corrected chi connectivity index (χ0v) is 15.0. The first-order valence-corrected chi connectivity index (χ1v) is 8.59. The molecule has 26 heavy (non-hydrogen) atoms. The van der Waals surface area contributed by atoms with Gasteiger partial charge in [0, 0.05) is 12.5 Å². The van der Waals surface area contributed by atoms with Crippen LogP contribution in [0.2, 0.25) is 0 Å². The highest BCUT2D eigenvalue weighted by atomic mass is 16.5. The van der Waals surface area contributed by atoms with Crippen LogP contribution in [0.5, 0.6) is 11.5 Å². The van der Waals surface area contributed by atoms with Crippen molar-refractivity contribution in [2.75, 3.05) is 7.11 Å². The first-order valence-electron chi connectivity index (χ1n) is 8.59. The SMILES string of the molecule is COc1cc(CC(=O)O)cc(OC2=CC(c3ccc(C)cc3)=CCC2)c1. The number of aryl methyl sites for hydroxylation is 1. The van der Waals surface area contributed by atoms with Gasteiger partial charge in [0.25, 0.3) is 0 Å². The maximum absolute atomic E-state index is 11.0. The Morgan fingerprint density at radius 3 is 2.54 bits per heavy atom. The molecule has 0 radical (unpaired) electrons. The Bertz CT molecular complexity index is 860. The molecule has 1 aliphatic carbocycles. The molecule has 0 fully saturated rings. The largest absolute Gasteiger partial charge is 0.497 e. The fraction of sp³-hybridized carbons (Fsp3) is 0.227. The lowest BCUT2D eigenvalue weighted by Crippen LogP contribution is -2.03. The van der Waals surface area contributed by atoms with Gasteiger partial charge < -0.3 is 14.6 Å². The van der Waals surface area contributed by atoms with Crippen LogP contribution in [-0.4, -0.2) is 18.2 Å². The summed E-state index contributed by atoms with van der Waals surface area (Å²) in [5, 5.41) is 9.02. The predicted molar refractivity (Wildman–Crippen MR) is 101 cm³/mol. The minimum atomic E-state index is -0.884. The smallest absolute Gasteiger partial charge is 0.307 e. The van der Waals surface area contributed by atoms with Gasteiger partial charge in [0.05, 0.1) is 13.5 Å². The molecular weight excluding hydrogens is 328 g/mol. The third-order valence-corrected chi connectivity index (χ3v) is 4.24. The number of hydrogen-bond donors (Lipinski definition) is 1. The number of ether oxygens (including phenoxy) is 2. The zero-order valence-electron chi connectivity index (χ0n) is 15.0. The Balaban J connectivity index is 1.82. The molecule has 0 unspecified atom stereocenters. The van der Waals surface area contributed by atoms with E-state index in [1.54, 1.807) is 25.3 Å². The van der Waals surface area contributed by atoms with Gasteiger partial charge in [0.2, 0.25) is 0 Å². The second-order valence-electron chi connectivity index (χ2n) is 6.36. The van der Waals surface area contributed by atoms with Crippen LogP contribution in [0.3, 0.4) is 0 Å². The van der Waals surface area contributed by atoms with Crippen LogP contribution >= 0.6 is 0 Å². The molecule has 0 aliphatic heterocycles. The number of carboxylic acid groups (broad SMARTS) is 1. The third-order valence-electron chi connectivity index (χ3n) is 4.24. The lowest BCUT2D eigenvalue weighted by molar-refractivity contribution is -0.136. The summed E-state index contributed by atoms with van der Waals surface area (Å²) in [6, 6.07) is 13.7. The quantitative estimate of drug-likeness (QED) is 0.815. The third kappa shape index (κ3) is 4.54. The lowest BCUT2D eigenvalue weighted by atomic mass is 9.98. The molecule has 0 atom stereocenters. The predicted octanol–water partition coefficient (Wildman–Crippen LogP) is 4.77. The van der Waals surface area contributed by atoms with Crippen molar-refractivity contribution < 1.29 is 19.4 Å². The van der Waals surface area contributed by atoms with Crippen molar-refractivity contribution in [3.05, 3.63) is 77.1 Å². The number of allylic oxidation sites excluding steroid dienone is 4. The monoisotopic (exact) mass is 350 g/mol. The van der Waals surface area contributed by atoms with Crippen LogP contribution in [0.4, 0.5) is 0 Å². The summed E-state index contributed by atoms with van der Waals surface area (Å²) in [5.74, 6) is 1.16. The molecule has 0 bridgehead atoms. The van der Waals surface area contributed by atoms with E-state index in [1.807, 2.05) is 6.08 Å². The van der Waals surface area contributed by atoms with Gasteiger partial charge in [-0.2, -0.15) is 0 Å². The van der Waals surface area contributed by atoms with Crippen molar-refractivity contribution in [3.63, 3.8) is 0 Å². The molecule has 0 saturated carbocycles. The van der Waals surface area contributed by atoms with Gasteiger partial charge in [0.15, 0.2) is 0 Å². The van der Waals surface area contributed by atoms with E-state index in [4.69, 9.17) is 14.6 Å². The molecule has 3 rings (SSSR count). The summed E-state index contributed by atoms with van der Waals surface area (Å²) in [6.07, 6.45) is 5.90. The average molecular weight is 350 g/mol. The van der Waals surface area contributed by atoms with E-state index in [0.717, 1.165) is 29.7 Å². The zero-order chi connectivity index (χ0) is 18.5. The number of methoxy groups -OCH3 is 1. The molecule has 4 heteroatoms. The average Bonchev–Trinajstić information content (AvgIpc) is 2.61. The maximum Gasteiger partial charge on any atom is 0.307 e. The molecule has 0 heterocycles. The standard InChI is InChI=1S/C22H22O4/c1-15-6-8-17(9-7-15)18-4-3-5-19(13-18)26-21-11-16(12-22(23)24)10-20(14-21)25-2/h4,6-11,13-14H,3,5,12H2,1-2H3,(H,23,24). The number of hydrogen-bond acceptors (Lipinski definition) is 3. The number of rotatable bonds is 6. The van der Waals surface area contributed by atoms with Gasteiger partial charge in [-0.3, -0.25) is 4.79 Å². The van der Waals surface area contributed by atoms with Gasteiger partial charge >= 0.3 is 5.97 Å². The summed E-state index contributed by atoms with van der Waals surface area (Å²) in [4.78, 5) is 11.0. The highest BCUT2D eigenvalue weighted by Crippen LogP contribution is 2.30. The van der Waals surface area contributed by atoms with Crippen molar-refractivity contribution in [1.29, 1.82) is 0 Å². The van der Waals surface area contributed by atoms with Gasteiger partial charge in [-0.25, -0.2) is 0 Å². The van der Waals surface area contributed by atoms with Crippen LogP contribution in [0.1, 0.15) is 29.5 Å². The fourth-order valence-electron chi connectivity index (χ4n) is 2.94. The molecule has 2 aromatic rings. The Morgan fingerprint density at radius 1 is 1.12 bits per heavy atom. The summed E-state index contributed by atoms with van der Waals surface area (Å²) in [7, 11) is 1.56. The fourth-order valence-corrected chi connectivity index (χ4v) is 2.94. The Hall–Kier alpha value is -3.01. The second-order valence-corrected chi connectivity index (χ2v) is 6.36. The summed E-state index contributed by atoms with van der Waals surface area (Å²) in [5.41, 5.74) is 4.18. The first kappa shape index (κ1) is 17.8. The van der Waals surface area contributed by atoms with Crippen molar-refractivity contribution in [1.82, 2.24) is 0 Å². The molecule has 0 saturated heterocycles. The van der Waals surface area contributed by atoms with Crippen LogP contribution in [0.15, 0.2) is 60.4 Å². The van der Waals surface area contributed by atoms with E-state index in [0.29, 0.717) is 17.1 Å². The molecule has 1 aliphatic rings. The molecule has 0 amide bonds. The minimum absolute atomic E-state index is 0.0683. The molecule has 2 aromatic carbocycles. The molecular formula is C22H22O4. The van der Waals surface area contributed by atoms with Crippen LogP contribution in [0, 0.1) is 6.92 Å². The van der Waals surface area contributed by atoms with Crippen molar-refractivity contribution in [2.45, 2.75) is 26.2 Å². The molecule has 4 nitrogen and oxygen atoms in total. The van der Waals surface area contributed by atoms with Crippen molar-refractivity contribution in [3.8, 4) is 11.5 Å². The maximum atomic E-state index is 11.0. The second kappa shape index (κ2) is 7.91. The molecule has 0 aromatic heterocycles. The highest BCUT2D eigenvalue weighted by molar-refractivity contribution is 5.75. The summed E-state index contributed by atoms with van der Waals surface area (Å²) < 4.78 is 11.3. The van der Waals surface area contributed by atoms with Gasteiger partial charge in [-0.1, -0.05) is 35.9 Å². The normalized spacial score (nSPS) is 13.6. The highest BCUT2D eigenvalue weighted by Gasteiger charge is 2.12. The molecule has 1 N–H and O–H groups in total. The Kier molecular flexibility index (Phi) is 5.42. The van der Waals surface area contributed by atoms with E-state index in [1.165, 1.54) is 5.56 Å². The first-order chi connectivity index (χ1) is 12.5. The number of aliphatic carboxylic acids is 1.